The van der Waals surface area contributed by atoms with Gasteiger partial charge < -0.3 is 9.47 Å². The zero-order valence-corrected chi connectivity index (χ0v) is 20.5. The number of halogens is 4. The van der Waals surface area contributed by atoms with E-state index in [2.05, 4.69) is 10.5 Å². The zero-order chi connectivity index (χ0) is 23.7. The van der Waals surface area contributed by atoms with E-state index in [1.807, 2.05) is 0 Å². The van der Waals surface area contributed by atoms with Crippen LogP contribution in [0.3, 0.4) is 0 Å². The molecule has 0 fully saturated rings. The first-order chi connectivity index (χ1) is 15.1. The molecule has 0 amide bonds. The predicted molar refractivity (Wildman–Crippen MR) is 126 cm³/mol. The number of rotatable bonds is 6. The molecule has 1 aliphatic rings. The van der Waals surface area contributed by atoms with Crippen LogP contribution < -0.4 is 5.43 Å². The van der Waals surface area contributed by atoms with Crippen molar-refractivity contribution in [2.24, 2.45) is 5.10 Å². The fourth-order valence-electron chi connectivity index (χ4n) is 3.97. The van der Waals surface area contributed by atoms with Crippen LogP contribution in [0.4, 0.5) is 0 Å². The van der Waals surface area contributed by atoms with Gasteiger partial charge in [0.1, 0.15) is 5.41 Å². The third kappa shape index (κ3) is 3.83. The molecule has 0 aromatic heterocycles. The molecule has 6 nitrogen and oxygen atoms in total. The largest absolute Gasteiger partial charge is 0.464 e. The number of hydrogen-bond acceptors (Lipinski definition) is 6. The number of hydrogen-bond donors (Lipinski definition) is 1. The van der Waals surface area contributed by atoms with Crippen LogP contribution in [0.5, 0.6) is 0 Å². The molecular weight excluding hydrogens is 498 g/mol. The van der Waals surface area contributed by atoms with E-state index < -0.39 is 22.9 Å². The Kier molecular flexibility index (Phi) is 7.30. The molecule has 0 bridgehead atoms. The number of hydrazone groups is 1. The Morgan fingerprint density at radius 2 is 1.41 bits per heavy atom. The lowest BCUT2D eigenvalue weighted by molar-refractivity contribution is -0.151. The van der Waals surface area contributed by atoms with E-state index in [0.717, 1.165) is 0 Å². The lowest BCUT2D eigenvalue weighted by Gasteiger charge is -2.42. The molecule has 2 aromatic rings. The lowest BCUT2D eigenvalue weighted by Crippen LogP contribution is -2.63. The number of ether oxygens (including phenoxy) is 2. The molecule has 1 atom stereocenters. The summed E-state index contributed by atoms with van der Waals surface area (Å²) in [6, 6.07) is 9.46. The molecule has 1 N–H and O–H groups in total. The number of esters is 2. The minimum atomic E-state index is -1.63. The molecule has 0 saturated carbocycles. The number of carbonyl (C=O) groups excluding carboxylic acids is 2. The smallest absolute Gasteiger partial charge is 0.355 e. The van der Waals surface area contributed by atoms with E-state index in [9.17, 15) is 9.59 Å². The maximum absolute atomic E-state index is 13.4. The van der Waals surface area contributed by atoms with Crippen molar-refractivity contribution in [3.8, 4) is 0 Å². The lowest BCUT2D eigenvalue weighted by atomic mass is 9.60. The van der Waals surface area contributed by atoms with Crippen molar-refractivity contribution in [2.45, 2.75) is 31.7 Å². The SMILES string of the molecule is CCOC(=O)C1=NN[C@@](C)(C(=O)OCC)C1(c1ccc(Cl)cc1Cl)c1ccc(Cl)cc1Cl. The highest BCUT2D eigenvalue weighted by Gasteiger charge is 2.66. The normalized spacial score (nSPS) is 19.2. The molecule has 2 aromatic carbocycles. The van der Waals surface area contributed by atoms with E-state index in [1.165, 1.54) is 12.1 Å². The minimum Gasteiger partial charge on any atom is -0.464 e. The van der Waals surface area contributed by atoms with Gasteiger partial charge in [-0.3, -0.25) is 5.43 Å². The topological polar surface area (TPSA) is 77.0 Å². The summed E-state index contributed by atoms with van der Waals surface area (Å²) in [5, 5.41) is 5.38. The zero-order valence-electron chi connectivity index (χ0n) is 17.5. The summed E-state index contributed by atoms with van der Waals surface area (Å²) in [5.74, 6) is -1.41. The maximum atomic E-state index is 13.4. The number of carbonyl (C=O) groups is 2. The number of benzene rings is 2. The molecule has 32 heavy (non-hydrogen) atoms. The van der Waals surface area contributed by atoms with Crippen molar-refractivity contribution < 1.29 is 19.1 Å². The van der Waals surface area contributed by atoms with Crippen LogP contribution in [0.2, 0.25) is 20.1 Å². The molecular formula is C22H20Cl4N2O4. The number of nitrogens with zero attached hydrogens (tertiary/aromatic N) is 1. The first-order valence-electron chi connectivity index (χ1n) is 9.74. The molecule has 0 unspecified atom stereocenters. The summed E-state index contributed by atoms with van der Waals surface area (Å²) in [4.78, 5) is 26.5. The van der Waals surface area contributed by atoms with Crippen LogP contribution in [0.15, 0.2) is 41.5 Å². The Labute approximate surface area is 205 Å². The van der Waals surface area contributed by atoms with Crippen molar-refractivity contribution in [3.63, 3.8) is 0 Å². The van der Waals surface area contributed by atoms with Gasteiger partial charge in [0.05, 0.1) is 13.2 Å². The van der Waals surface area contributed by atoms with E-state index >= 15 is 0 Å². The highest BCUT2D eigenvalue weighted by atomic mass is 35.5. The second kappa shape index (κ2) is 9.48. The fourth-order valence-corrected chi connectivity index (χ4v) is 5.07. The van der Waals surface area contributed by atoms with Gasteiger partial charge in [0.15, 0.2) is 11.3 Å². The van der Waals surface area contributed by atoms with Crippen molar-refractivity contribution in [1.82, 2.24) is 5.43 Å². The highest BCUT2D eigenvalue weighted by molar-refractivity contribution is 6.45. The summed E-state index contributed by atoms with van der Waals surface area (Å²) in [7, 11) is 0. The fraction of sp³-hybridized carbons (Fsp3) is 0.318. The van der Waals surface area contributed by atoms with Crippen LogP contribution in [0, 0.1) is 0 Å². The van der Waals surface area contributed by atoms with Crippen molar-refractivity contribution in [3.05, 3.63) is 67.6 Å². The van der Waals surface area contributed by atoms with Crippen LogP contribution in [-0.4, -0.2) is 36.4 Å². The Morgan fingerprint density at radius 3 is 1.84 bits per heavy atom. The standard InChI is InChI=1S/C22H20Cl4N2O4/c1-4-31-19(29)18-22(14-8-6-12(23)10-16(14)25,15-9-7-13(24)11-17(15)26)21(3,28-27-18)20(30)32-5-2/h6-11,28H,4-5H2,1-3H3/t21-/m0/s1. The van der Waals surface area contributed by atoms with Crippen molar-refractivity contribution in [1.29, 1.82) is 0 Å². The van der Waals surface area contributed by atoms with Gasteiger partial charge in [-0.15, -0.1) is 0 Å². The van der Waals surface area contributed by atoms with Gasteiger partial charge >= 0.3 is 11.9 Å². The average Bonchev–Trinajstić information content (AvgIpc) is 3.03. The molecule has 1 aliphatic heterocycles. The molecule has 3 rings (SSSR count). The Hall–Kier alpha value is -1.99. The Balaban J connectivity index is 2.49. The van der Waals surface area contributed by atoms with Crippen LogP contribution in [-0.2, 0) is 24.5 Å². The Bertz CT molecular complexity index is 1050. The van der Waals surface area contributed by atoms with Crippen molar-refractivity contribution in [2.75, 3.05) is 13.2 Å². The van der Waals surface area contributed by atoms with Gasteiger partial charge in [0.2, 0.25) is 0 Å². The monoisotopic (exact) mass is 516 g/mol. The van der Waals surface area contributed by atoms with Gasteiger partial charge in [0.25, 0.3) is 0 Å². The minimum absolute atomic E-state index is 0.0900. The summed E-state index contributed by atoms with van der Waals surface area (Å²) < 4.78 is 10.7. The third-order valence-corrected chi connectivity index (χ3v) is 6.41. The predicted octanol–water partition coefficient (Wildman–Crippen LogP) is 5.43. The van der Waals surface area contributed by atoms with E-state index in [-0.39, 0.29) is 29.0 Å². The summed E-state index contributed by atoms with van der Waals surface area (Å²) in [6.07, 6.45) is 0. The molecule has 1 heterocycles. The maximum Gasteiger partial charge on any atom is 0.355 e. The van der Waals surface area contributed by atoms with E-state index in [0.29, 0.717) is 21.2 Å². The molecule has 10 heteroatoms. The van der Waals surface area contributed by atoms with Gasteiger partial charge in [-0.1, -0.05) is 58.5 Å². The van der Waals surface area contributed by atoms with Crippen LogP contribution in [0.25, 0.3) is 0 Å². The second-order valence-corrected chi connectivity index (χ2v) is 8.82. The van der Waals surface area contributed by atoms with Crippen LogP contribution >= 0.6 is 46.4 Å². The number of nitrogens with one attached hydrogen (secondary N) is 1. The molecule has 170 valence electrons. The van der Waals surface area contributed by atoms with E-state index in [4.69, 9.17) is 55.9 Å². The summed E-state index contributed by atoms with van der Waals surface area (Å²) >= 11 is 25.6. The van der Waals surface area contributed by atoms with Gasteiger partial charge in [-0.05, 0) is 56.2 Å². The first-order valence-corrected chi connectivity index (χ1v) is 11.2. The highest BCUT2D eigenvalue weighted by Crippen LogP contribution is 2.51. The third-order valence-electron chi connectivity index (χ3n) is 5.32. The summed E-state index contributed by atoms with van der Waals surface area (Å²) in [6.45, 7) is 5.10. The quantitative estimate of drug-likeness (QED) is 0.517. The van der Waals surface area contributed by atoms with Gasteiger partial charge in [-0.2, -0.15) is 5.10 Å². The molecule has 0 saturated heterocycles. The van der Waals surface area contributed by atoms with Crippen LogP contribution in [0.1, 0.15) is 31.9 Å². The first kappa shape index (κ1) is 24.6. The second-order valence-electron chi connectivity index (χ2n) is 7.14. The summed E-state index contributed by atoms with van der Waals surface area (Å²) in [5.41, 5.74) is 0.167. The van der Waals surface area contributed by atoms with Gasteiger partial charge in [-0.25, -0.2) is 9.59 Å². The Morgan fingerprint density at radius 1 is 0.906 bits per heavy atom. The van der Waals surface area contributed by atoms with Crippen molar-refractivity contribution >= 4 is 64.1 Å². The molecule has 0 radical (unpaired) electrons. The van der Waals surface area contributed by atoms with E-state index in [1.54, 1.807) is 45.0 Å². The van der Waals surface area contributed by atoms with Gasteiger partial charge in [0, 0.05) is 20.1 Å². The average molecular weight is 518 g/mol. The molecule has 0 spiro atoms. The molecule has 0 aliphatic carbocycles.